The molecule has 0 fully saturated rings. The van der Waals surface area contributed by atoms with E-state index in [1.54, 1.807) is 35.2 Å². The fraction of sp³-hybridized carbons (Fsp3) is 0.364. The Bertz CT molecular complexity index is 963. The van der Waals surface area contributed by atoms with Gasteiger partial charge in [-0.05, 0) is 56.4 Å². The molecule has 30 heavy (non-hydrogen) atoms. The molecule has 0 aliphatic carbocycles. The molecular formula is C22H27ClFN3OS2. The number of nitrogens with zero attached hydrogens (tertiary/aromatic N) is 3. The van der Waals surface area contributed by atoms with Gasteiger partial charge in [-0.3, -0.25) is 9.69 Å². The molecule has 0 radical (unpaired) electrons. The second kappa shape index (κ2) is 11.6. The van der Waals surface area contributed by atoms with Crippen molar-refractivity contribution in [2.45, 2.75) is 24.7 Å². The number of hydrogen-bond donors (Lipinski definition) is 0. The van der Waals surface area contributed by atoms with Crippen molar-refractivity contribution in [3.8, 4) is 0 Å². The number of rotatable bonds is 9. The number of fused-ring (bicyclic) bond motifs is 1. The monoisotopic (exact) mass is 467 g/mol. The number of aryl methyl sites for hydroxylation is 1. The fourth-order valence-corrected chi connectivity index (χ4v) is 4.84. The molecule has 1 aromatic heterocycles. The van der Waals surface area contributed by atoms with E-state index in [-0.39, 0.29) is 24.1 Å². The molecule has 1 heterocycles. The maximum absolute atomic E-state index is 13.0. The number of halogens is 2. The Labute approximate surface area is 191 Å². The van der Waals surface area contributed by atoms with E-state index in [9.17, 15) is 9.18 Å². The maximum atomic E-state index is 13.0. The summed E-state index contributed by atoms with van der Waals surface area (Å²) in [5.74, 6) is 0.467. The molecule has 3 aromatic rings. The fourth-order valence-electron chi connectivity index (χ4n) is 2.94. The van der Waals surface area contributed by atoms with Crippen LogP contribution in [0, 0.1) is 5.82 Å². The molecule has 4 nitrogen and oxygen atoms in total. The van der Waals surface area contributed by atoms with E-state index in [1.165, 1.54) is 17.7 Å². The third-order valence-corrected chi connectivity index (χ3v) is 6.63. The van der Waals surface area contributed by atoms with Gasteiger partial charge in [-0.2, -0.15) is 0 Å². The van der Waals surface area contributed by atoms with Crippen LogP contribution in [-0.2, 0) is 11.2 Å². The third kappa shape index (κ3) is 6.41. The highest BCUT2D eigenvalue weighted by atomic mass is 35.5. The maximum Gasteiger partial charge on any atom is 0.229 e. The van der Waals surface area contributed by atoms with Crippen LogP contribution in [0.5, 0.6) is 0 Å². The lowest BCUT2D eigenvalue weighted by atomic mass is 10.1. The van der Waals surface area contributed by atoms with Crippen LogP contribution in [-0.4, -0.2) is 48.7 Å². The van der Waals surface area contributed by atoms with E-state index in [1.807, 2.05) is 19.0 Å². The minimum atomic E-state index is -0.248. The summed E-state index contributed by atoms with van der Waals surface area (Å²) in [5.41, 5.74) is 2.20. The molecule has 0 aliphatic rings. The largest absolute Gasteiger partial charge is 0.308 e. The van der Waals surface area contributed by atoms with E-state index in [4.69, 9.17) is 4.98 Å². The van der Waals surface area contributed by atoms with Crippen LogP contribution in [0.2, 0.25) is 0 Å². The average Bonchev–Trinajstić information content (AvgIpc) is 3.13. The molecule has 0 unspecified atom stereocenters. The standard InChI is InChI=1S/C22H26FN3OS2.ClH/c1-4-16-6-5-7-19-21(16)24-22(29-19)26(14-13-25(2)3)20(27)12-15-28-18-10-8-17(23)9-11-18;/h5-11H,4,12-15H2,1-3H3;1H. The van der Waals surface area contributed by atoms with Crippen molar-refractivity contribution in [1.82, 2.24) is 9.88 Å². The van der Waals surface area contributed by atoms with Gasteiger partial charge in [0.15, 0.2) is 5.13 Å². The molecule has 2 aromatic carbocycles. The van der Waals surface area contributed by atoms with Gasteiger partial charge in [-0.15, -0.1) is 24.2 Å². The van der Waals surface area contributed by atoms with Crippen molar-refractivity contribution in [3.63, 3.8) is 0 Å². The highest BCUT2D eigenvalue weighted by molar-refractivity contribution is 7.99. The zero-order valence-electron chi connectivity index (χ0n) is 17.4. The summed E-state index contributed by atoms with van der Waals surface area (Å²) in [4.78, 5) is 22.7. The Morgan fingerprint density at radius 2 is 1.87 bits per heavy atom. The van der Waals surface area contributed by atoms with Crippen molar-refractivity contribution in [2.75, 3.05) is 37.8 Å². The summed E-state index contributed by atoms with van der Waals surface area (Å²) in [6.45, 7) is 3.50. The first-order valence-corrected chi connectivity index (χ1v) is 11.5. The number of likely N-dealkylation sites (N-methyl/N-ethyl adjacent to an activating group) is 1. The lowest BCUT2D eigenvalue weighted by Crippen LogP contribution is -2.36. The lowest BCUT2D eigenvalue weighted by Gasteiger charge is -2.22. The van der Waals surface area contributed by atoms with E-state index < -0.39 is 0 Å². The molecule has 0 atom stereocenters. The average molecular weight is 468 g/mol. The number of thiazole rings is 1. The van der Waals surface area contributed by atoms with Crippen molar-refractivity contribution >= 4 is 56.8 Å². The predicted octanol–water partition coefficient (Wildman–Crippen LogP) is 5.50. The Hall–Kier alpha value is -1.67. The topological polar surface area (TPSA) is 36.4 Å². The van der Waals surface area contributed by atoms with Gasteiger partial charge in [0, 0.05) is 30.2 Å². The highest BCUT2D eigenvalue weighted by Crippen LogP contribution is 2.31. The van der Waals surface area contributed by atoms with Crippen molar-refractivity contribution < 1.29 is 9.18 Å². The van der Waals surface area contributed by atoms with Crippen LogP contribution >= 0.6 is 35.5 Å². The third-order valence-electron chi connectivity index (χ3n) is 4.57. The molecule has 0 saturated carbocycles. The molecule has 8 heteroatoms. The number of amides is 1. The number of hydrogen-bond acceptors (Lipinski definition) is 5. The Morgan fingerprint density at radius 3 is 2.53 bits per heavy atom. The van der Waals surface area contributed by atoms with Crippen molar-refractivity contribution in [3.05, 3.63) is 53.8 Å². The zero-order valence-corrected chi connectivity index (χ0v) is 19.9. The summed E-state index contributed by atoms with van der Waals surface area (Å²) in [5, 5.41) is 0.763. The molecular weight excluding hydrogens is 441 g/mol. The smallest absolute Gasteiger partial charge is 0.229 e. The molecule has 3 rings (SSSR count). The summed E-state index contributed by atoms with van der Waals surface area (Å²) >= 11 is 3.14. The number of anilines is 1. The lowest BCUT2D eigenvalue weighted by molar-refractivity contribution is -0.118. The normalized spacial score (nSPS) is 11.0. The van der Waals surface area contributed by atoms with E-state index in [2.05, 4.69) is 30.0 Å². The van der Waals surface area contributed by atoms with Gasteiger partial charge in [0.1, 0.15) is 5.82 Å². The summed E-state index contributed by atoms with van der Waals surface area (Å²) in [6.07, 6.45) is 1.33. The molecule has 1 amide bonds. The molecule has 0 saturated heterocycles. The van der Waals surface area contributed by atoms with Crippen LogP contribution < -0.4 is 4.90 Å². The van der Waals surface area contributed by atoms with E-state index in [0.717, 1.165) is 33.2 Å². The highest BCUT2D eigenvalue weighted by Gasteiger charge is 2.20. The number of carbonyl (C=O) groups is 1. The predicted molar refractivity (Wildman–Crippen MR) is 129 cm³/mol. The molecule has 0 spiro atoms. The number of aromatic nitrogens is 1. The minimum Gasteiger partial charge on any atom is -0.308 e. The summed E-state index contributed by atoms with van der Waals surface area (Å²) < 4.78 is 14.2. The van der Waals surface area contributed by atoms with Crippen molar-refractivity contribution in [2.24, 2.45) is 0 Å². The van der Waals surface area contributed by atoms with Crippen LogP contribution in [0.1, 0.15) is 18.9 Å². The quantitative estimate of drug-likeness (QED) is 0.389. The summed E-state index contributed by atoms with van der Waals surface area (Å²) in [7, 11) is 4.00. The number of para-hydroxylation sites is 1. The van der Waals surface area contributed by atoms with Gasteiger partial charge in [-0.25, -0.2) is 9.37 Å². The Kier molecular flexibility index (Phi) is 9.55. The van der Waals surface area contributed by atoms with Gasteiger partial charge in [0.25, 0.3) is 0 Å². The second-order valence-corrected chi connectivity index (χ2v) is 9.19. The Morgan fingerprint density at radius 1 is 1.13 bits per heavy atom. The van der Waals surface area contributed by atoms with Gasteiger partial charge in [0.05, 0.1) is 10.2 Å². The molecule has 0 bridgehead atoms. The first kappa shape index (κ1) is 24.6. The van der Waals surface area contributed by atoms with E-state index in [0.29, 0.717) is 18.7 Å². The first-order chi connectivity index (χ1) is 14.0. The molecule has 0 aliphatic heterocycles. The second-order valence-electron chi connectivity index (χ2n) is 7.01. The van der Waals surface area contributed by atoms with Crippen LogP contribution in [0.3, 0.4) is 0 Å². The van der Waals surface area contributed by atoms with Crippen LogP contribution in [0.4, 0.5) is 9.52 Å². The first-order valence-electron chi connectivity index (χ1n) is 9.70. The number of benzene rings is 2. The van der Waals surface area contributed by atoms with Gasteiger partial charge >= 0.3 is 0 Å². The van der Waals surface area contributed by atoms with Crippen LogP contribution in [0.25, 0.3) is 10.2 Å². The number of carbonyl (C=O) groups excluding carboxylic acids is 1. The van der Waals surface area contributed by atoms with Gasteiger partial charge < -0.3 is 4.90 Å². The zero-order chi connectivity index (χ0) is 20.8. The van der Waals surface area contributed by atoms with Gasteiger partial charge in [0.2, 0.25) is 5.91 Å². The summed E-state index contributed by atoms with van der Waals surface area (Å²) in [6, 6.07) is 12.6. The molecule has 0 N–H and O–H groups in total. The molecule has 162 valence electrons. The van der Waals surface area contributed by atoms with Crippen LogP contribution in [0.15, 0.2) is 47.4 Å². The van der Waals surface area contributed by atoms with Gasteiger partial charge in [-0.1, -0.05) is 30.4 Å². The van der Waals surface area contributed by atoms with Crippen molar-refractivity contribution in [1.29, 1.82) is 0 Å². The minimum absolute atomic E-state index is 0. The number of thioether (sulfide) groups is 1. The van der Waals surface area contributed by atoms with E-state index >= 15 is 0 Å². The SMILES string of the molecule is CCc1cccc2sc(N(CCN(C)C)C(=O)CCSc3ccc(F)cc3)nc12.Cl. The Balaban J connectivity index is 0.00000320.